The first-order valence-corrected chi connectivity index (χ1v) is 4.89. The van der Waals surface area contributed by atoms with Crippen LogP contribution in [0.4, 0.5) is 9.93 Å². The minimum absolute atomic E-state index is 0.0944. The Balaban J connectivity index is 2.87. The topological polar surface area (TPSA) is 123 Å². The van der Waals surface area contributed by atoms with E-state index in [9.17, 15) is 9.59 Å². The molecule has 92 valence electrons. The molecule has 1 amide bonds. The zero-order valence-electron chi connectivity index (χ0n) is 8.83. The van der Waals surface area contributed by atoms with Crippen molar-refractivity contribution in [2.75, 3.05) is 19.5 Å². The molecule has 0 fully saturated rings. The number of aromatic nitrogens is 2. The molecular formula is C7H8N4O5S. The third-order valence-electron chi connectivity index (χ3n) is 1.51. The molecule has 0 aliphatic rings. The van der Waals surface area contributed by atoms with Crippen molar-refractivity contribution in [3.05, 3.63) is 5.82 Å². The van der Waals surface area contributed by atoms with Gasteiger partial charge in [0.15, 0.2) is 0 Å². The molecular weight excluding hydrogens is 252 g/mol. The van der Waals surface area contributed by atoms with E-state index in [1.807, 2.05) is 0 Å². The molecule has 0 atom stereocenters. The fraction of sp³-hybridized carbons (Fsp3) is 0.286. The Morgan fingerprint density at radius 3 is 2.65 bits per heavy atom. The normalized spacial score (nSPS) is 10.8. The fourth-order valence-electron chi connectivity index (χ4n) is 0.782. The summed E-state index contributed by atoms with van der Waals surface area (Å²) in [6.45, 7) is 0. The van der Waals surface area contributed by atoms with Gasteiger partial charge in [-0.2, -0.15) is 9.36 Å². The standard InChI is InChI=1S/C7H8N4O5S/c1-15-5(12)3(10-14)4-8-6(17-11-4)9-7(13)16-2/h14H,1-2H3,(H,8,9,11,13)/b10-3+. The Morgan fingerprint density at radius 2 is 2.12 bits per heavy atom. The monoisotopic (exact) mass is 260 g/mol. The zero-order valence-corrected chi connectivity index (χ0v) is 9.65. The summed E-state index contributed by atoms with van der Waals surface area (Å²) in [7, 11) is 2.31. The van der Waals surface area contributed by atoms with Crippen molar-refractivity contribution in [3.8, 4) is 0 Å². The lowest BCUT2D eigenvalue weighted by Gasteiger charge is -1.97. The summed E-state index contributed by atoms with van der Waals surface area (Å²) >= 11 is 0.792. The number of esters is 1. The molecule has 0 unspecified atom stereocenters. The molecule has 2 N–H and O–H groups in total. The number of nitrogens with one attached hydrogen (secondary N) is 1. The number of hydrogen-bond acceptors (Lipinski definition) is 9. The van der Waals surface area contributed by atoms with Crippen LogP contribution in [0.3, 0.4) is 0 Å². The number of ether oxygens (including phenoxy) is 2. The molecule has 0 saturated carbocycles. The van der Waals surface area contributed by atoms with Crippen LogP contribution in [0.2, 0.25) is 0 Å². The van der Waals surface area contributed by atoms with E-state index in [1.54, 1.807) is 0 Å². The van der Waals surface area contributed by atoms with Crippen molar-refractivity contribution in [1.29, 1.82) is 0 Å². The molecule has 1 aromatic rings. The molecule has 17 heavy (non-hydrogen) atoms. The summed E-state index contributed by atoms with van der Waals surface area (Å²) in [5.74, 6) is -1.05. The van der Waals surface area contributed by atoms with E-state index in [2.05, 4.69) is 29.3 Å². The number of nitrogens with zero attached hydrogens (tertiary/aromatic N) is 3. The molecule has 1 rings (SSSR count). The van der Waals surface area contributed by atoms with E-state index in [1.165, 1.54) is 7.11 Å². The van der Waals surface area contributed by atoms with Gasteiger partial charge < -0.3 is 14.7 Å². The first kappa shape index (κ1) is 12.8. The number of rotatable bonds is 3. The smallest absolute Gasteiger partial charge is 0.413 e. The SMILES string of the molecule is COC(=O)Nc1nc(/C(=N\O)C(=O)OC)ns1. The highest BCUT2D eigenvalue weighted by Gasteiger charge is 2.21. The van der Waals surface area contributed by atoms with Crippen molar-refractivity contribution in [1.82, 2.24) is 9.36 Å². The molecule has 0 saturated heterocycles. The molecule has 0 bridgehead atoms. The Labute approximate surface area is 99.2 Å². The average molecular weight is 260 g/mol. The Bertz CT molecular complexity index is 457. The molecule has 10 heteroatoms. The lowest BCUT2D eigenvalue weighted by Crippen LogP contribution is -2.19. The number of carbonyl (C=O) groups excluding carboxylic acids is 2. The van der Waals surface area contributed by atoms with Gasteiger partial charge in [0.1, 0.15) is 0 Å². The second kappa shape index (κ2) is 5.75. The minimum atomic E-state index is -0.894. The van der Waals surface area contributed by atoms with Crippen LogP contribution in [-0.2, 0) is 14.3 Å². The number of methoxy groups -OCH3 is 2. The lowest BCUT2D eigenvalue weighted by atomic mass is 10.4. The van der Waals surface area contributed by atoms with E-state index < -0.39 is 17.8 Å². The molecule has 9 nitrogen and oxygen atoms in total. The van der Waals surface area contributed by atoms with Gasteiger partial charge in [0, 0.05) is 11.5 Å². The molecule has 0 radical (unpaired) electrons. The van der Waals surface area contributed by atoms with Gasteiger partial charge >= 0.3 is 12.1 Å². The van der Waals surface area contributed by atoms with E-state index in [-0.39, 0.29) is 11.0 Å². The van der Waals surface area contributed by atoms with Crippen LogP contribution in [0.1, 0.15) is 5.82 Å². The fourth-order valence-corrected chi connectivity index (χ4v) is 1.34. The summed E-state index contributed by atoms with van der Waals surface area (Å²) in [5, 5.41) is 13.7. The second-order valence-corrected chi connectivity index (χ2v) is 3.23. The van der Waals surface area contributed by atoms with Gasteiger partial charge in [-0.15, -0.1) is 0 Å². The predicted octanol–water partition coefficient (Wildman–Crippen LogP) is 0.0677. The minimum Gasteiger partial charge on any atom is -0.464 e. The molecule has 0 aliphatic heterocycles. The molecule has 1 heterocycles. The largest absolute Gasteiger partial charge is 0.464 e. The van der Waals surface area contributed by atoms with Gasteiger partial charge in [-0.25, -0.2) is 9.59 Å². The summed E-state index contributed by atoms with van der Waals surface area (Å²) in [5.41, 5.74) is -0.457. The maximum atomic E-state index is 11.1. The first-order valence-electron chi connectivity index (χ1n) is 4.11. The molecule has 0 aliphatic carbocycles. The number of carbonyl (C=O) groups is 2. The van der Waals surface area contributed by atoms with Crippen LogP contribution in [0.15, 0.2) is 5.16 Å². The summed E-state index contributed by atoms with van der Waals surface area (Å²) in [6.07, 6.45) is -0.728. The maximum Gasteiger partial charge on any atom is 0.413 e. The van der Waals surface area contributed by atoms with Gasteiger partial charge in [0.25, 0.3) is 0 Å². The van der Waals surface area contributed by atoms with Gasteiger partial charge in [0.2, 0.25) is 16.7 Å². The van der Waals surface area contributed by atoms with Gasteiger partial charge in [0.05, 0.1) is 14.2 Å². The Hall–Kier alpha value is -2.23. The van der Waals surface area contributed by atoms with E-state index in [0.29, 0.717) is 0 Å². The quantitative estimate of drug-likeness (QED) is 0.341. The Kier molecular flexibility index (Phi) is 4.34. The number of oxime groups is 1. The highest BCUT2D eigenvalue weighted by atomic mass is 32.1. The lowest BCUT2D eigenvalue weighted by molar-refractivity contribution is -0.132. The van der Waals surface area contributed by atoms with Gasteiger partial charge in [-0.1, -0.05) is 5.16 Å². The van der Waals surface area contributed by atoms with Crippen LogP contribution in [-0.4, -0.2) is 46.6 Å². The van der Waals surface area contributed by atoms with E-state index in [4.69, 9.17) is 5.21 Å². The first-order chi connectivity index (χ1) is 8.12. The maximum absolute atomic E-state index is 11.1. The van der Waals surface area contributed by atoms with Crippen LogP contribution in [0, 0.1) is 0 Å². The highest BCUT2D eigenvalue weighted by molar-refractivity contribution is 7.10. The second-order valence-electron chi connectivity index (χ2n) is 2.48. The molecule has 1 aromatic heterocycles. The van der Waals surface area contributed by atoms with Crippen LogP contribution in [0.5, 0.6) is 0 Å². The van der Waals surface area contributed by atoms with Gasteiger partial charge in [-0.3, -0.25) is 5.32 Å². The van der Waals surface area contributed by atoms with Crippen molar-refractivity contribution < 1.29 is 24.3 Å². The van der Waals surface area contributed by atoms with Crippen LogP contribution < -0.4 is 5.32 Å². The summed E-state index contributed by atoms with van der Waals surface area (Å²) in [4.78, 5) is 25.7. The number of anilines is 1. The molecule has 0 aromatic carbocycles. The van der Waals surface area contributed by atoms with Gasteiger partial charge in [-0.05, 0) is 0 Å². The average Bonchev–Trinajstić information content (AvgIpc) is 2.77. The summed E-state index contributed by atoms with van der Waals surface area (Å²) in [6, 6.07) is 0. The third-order valence-corrected chi connectivity index (χ3v) is 2.14. The van der Waals surface area contributed by atoms with Crippen molar-refractivity contribution >= 4 is 34.4 Å². The van der Waals surface area contributed by atoms with Crippen LogP contribution >= 0.6 is 11.5 Å². The number of amides is 1. The third kappa shape index (κ3) is 3.11. The van der Waals surface area contributed by atoms with Crippen LogP contribution in [0.25, 0.3) is 0 Å². The van der Waals surface area contributed by atoms with E-state index >= 15 is 0 Å². The number of hydrogen-bond donors (Lipinski definition) is 2. The van der Waals surface area contributed by atoms with Crippen molar-refractivity contribution in [3.63, 3.8) is 0 Å². The summed E-state index contributed by atoms with van der Waals surface area (Å²) < 4.78 is 12.4. The van der Waals surface area contributed by atoms with Crippen molar-refractivity contribution in [2.24, 2.45) is 5.16 Å². The molecule has 0 spiro atoms. The van der Waals surface area contributed by atoms with Crippen molar-refractivity contribution in [2.45, 2.75) is 0 Å². The van der Waals surface area contributed by atoms with E-state index in [0.717, 1.165) is 18.6 Å². The Morgan fingerprint density at radius 1 is 1.41 bits per heavy atom. The predicted molar refractivity (Wildman–Crippen MR) is 56.3 cm³/mol. The zero-order chi connectivity index (χ0) is 12.8. The highest BCUT2D eigenvalue weighted by Crippen LogP contribution is 2.12.